The Morgan fingerprint density at radius 1 is 0.968 bits per heavy atom. The van der Waals surface area contributed by atoms with Crippen LogP contribution in [0.25, 0.3) is 0 Å². The second-order valence-corrected chi connectivity index (χ2v) is 13.0. The molecule has 4 bridgehead atoms. The molecule has 0 aliphatic heterocycles. The number of hydrogen-bond acceptors (Lipinski definition) is 2. The molecule has 31 heavy (non-hydrogen) atoms. The van der Waals surface area contributed by atoms with Crippen LogP contribution in [0, 0.1) is 41.9 Å². The van der Waals surface area contributed by atoms with Crippen molar-refractivity contribution in [3.8, 4) is 5.75 Å². The van der Waals surface area contributed by atoms with Gasteiger partial charge in [-0.05, 0) is 135 Å². The van der Waals surface area contributed by atoms with Gasteiger partial charge in [-0.25, -0.2) is 0 Å². The molecule has 2 nitrogen and oxygen atoms in total. The van der Waals surface area contributed by atoms with Crippen molar-refractivity contribution in [2.45, 2.75) is 102 Å². The van der Waals surface area contributed by atoms with E-state index < -0.39 is 0 Å². The summed E-state index contributed by atoms with van der Waals surface area (Å²) in [5.74, 6) is 5.75. The average Bonchev–Trinajstić information content (AvgIpc) is 3.04. The molecule has 166 valence electrons. The molecular formula is C29H38O2. The fraction of sp³-hybridized carbons (Fsp3) is 0.759. The van der Waals surface area contributed by atoms with Gasteiger partial charge in [0.05, 0.1) is 0 Å². The van der Waals surface area contributed by atoms with Gasteiger partial charge in [0.15, 0.2) is 0 Å². The van der Waals surface area contributed by atoms with Gasteiger partial charge >= 0.3 is 0 Å². The van der Waals surface area contributed by atoms with Crippen molar-refractivity contribution < 1.29 is 9.90 Å². The first-order chi connectivity index (χ1) is 14.9. The molecule has 2 heteroatoms. The predicted molar refractivity (Wildman–Crippen MR) is 122 cm³/mol. The van der Waals surface area contributed by atoms with E-state index in [1.54, 1.807) is 5.56 Å². The Balaban J connectivity index is 1.32. The predicted octanol–water partition coefficient (Wildman–Crippen LogP) is 6.59. The van der Waals surface area contributed by atoms with E-state index in [9.17, 15) is 9.90 Å². The van der Waals surface area contributed by atoms with Crippen molar-refractivity contribution in [2.24, 2.45) is 35.0 Å². The van der Waals surface area contributed by atoms with Crippen LogP contribution in [0.4, 0.5) is 0 Å². The van der Waals surface area contributed by atoms with Gasteiger partial charge in [0.1, 0.15) is 11.5 Å². The number of aromatic hydroxyl groups is 1. The normalized spacial score (nSPS) is 47.2. The van der Waals surface area contributed by atoms with E-state index in [4.69, 9.17) is 0 Å². The fourth-order valence-corrected chi connectivity index (χ4v) is 10.5. The Morgan fingerprint density at radius 2 is 1.65 bits per heavy atom. The van der Waals surface area contributed by atoms with Crippen molar-refractivity contribution in [2.75, 3.05) is 0 Å². The van der Waals surface area contributed by atoms with Gasteiger partial charge in [-0.1, -0.05) is 13.0 Å². The number of benzene rings is 1. The average molecular weight is 419 g/mol. The number of rotatable bonds is 1. The molecule has 7 aliphatic carbocycles. The number of Topliss-reactive ketones (excluding diaryl/α,β-unsaturated/α-hetero) is 1. The number of carbonyl (C=O) groups is 1. The van der Waals surface area contributed by atoms with Gasteiger partial charge < -0.3 is 5.11 Å². The highest BCUT2D eigenvalue weighted by molar-refractivity contribution is 5.87. The molecule has 0 saturated heterocycles. The van der Waals surface area contributed by atoms with Gasteiger partial charge in [-0.15, -0.1) is 0 Å². The maximum absolute atomic E-state index is 12.7. The van der Waals surface area contributed by atoms with E-state index >= 15 is 0 Å². The first-order valence-electron chi connectivity index (χ1n) is 13.3. The summed E-state index contributed by atoms with van der Waals surface area (Å²) >= 11 is 0. The summed E-state index contributed by atoms with van der Waals surface area (Å²) < 4.78 is 0. The topological polar surface area (TPSA) is 37.3 Å². The number of carbonyl (C=O) groups excluding carboxylic acids is 1. The first kappa shape index (κ1) is 19.2. The summed E-state index contributed by atoms with van der Waals surface area (Å²) in [5.41, 5.74) is 5.77. The minimum atomic E-state index is -0.0482. The minimum Gasteiger partial charge on any atom is -0.507 e. The van der Waals surface area contributed by atoms with Crippen LogP contribution in [0.15, 0.2) is 6.07 Å². The Labute approximate surface area is 187 Å². The Hall–Kier alpha value is -1.31. The largest absolute Gasteiger partial charge is 0.507 e. The summed E-state index contributed by atoms with van der Waals surface area (Å²) in [5, 5.41) is 11.5. The molecule has 4 unspecified atom stereocenters. The number of ketones is 1. The summed E-state index contributed by atoms with van der Waals surface area (Å²) in [7, 11) is 0. The van der Waals surface area contributed by atoms with E-state index in [1.165, 1.54) is 68.1 Å². The van der Waals surface area contributed by atoms with Gasteiger partial charge in [0.25, 0.3) is 0 Å². The number of hydrogen-bond donors (Lipinski definition) is 1. The van der Waals surface area contributed by atoms with Crippen LogP contribution in [0.2, 0.25) is 0 Å². The van der Waals surface area contributed by atoms with Crippen LogP contribution < -0.4 is 0 Å². The van der Waals surface area contributed by atoms with Crippen molar-refractivity contribution in [3.05, 3.63) is 28.3 Å². The van der Waals surface area contributed by atoms with E-state index in [1.807, 2.05) is 0 Å². The lowest BCUT2D eigenvalue weighted by molar-refractivity contribution is -0.129. The maximum Gasteiger partial charge on any atom is 0.139 e. The molecule has 4 atom stereocenters. The van der Waals surface area contributed by atoms with Gasteiger partial charge in [0.2, 0.25) is 0 Å². The molecule has 0 amide bonds. The van der Waals surface area contributed by atoms with Gasteiger partial charge in [-0.3, -0.25) is 4.79 Å². The van der Waals surface area contributed by atoms with Crippen LogP contribution in [-0.4, -0.2) is 10.9 Å². The summed E-state index contributed by atoms with van der Waals surface area (Å²) in [6.07, 6.45) is 14.8. The molecular weight excluding hydrogens is 380 g/mol. The monoisotopic (exact) mass is 418 g/mol. The van der Waals surface area contributed by atoms with Crippen LogP contribution in [-0.2, 0) is 16.6 Å². The van der Waals surface area contributed by atoms with Gasteiger partial charge in [0, 0.05) is 17.4 Å². The molecule has 6 saturated carbocycles. The third kappa shape index (κ3) is 2.43. The molecule has 1 aromatic carbocycles. The Bertz CT molecular complexity index is 938. The zero-order valence-corrected chi connectivity index (χ0v) is 19.4. The first-order valence-corrected chi connectivity index (χ1v) is 13.3. The third-order valence-corrected chi connectivity index (χ3v) is 11.6. The third-order valence-electron chi connectivity index (χ3n) is 11.6. The van der Waals surface area contributed by atoms with Crippen LogP contribution >= 0.6 is 0 Å². The van der Waals surface area contributed by atoms with E-state index in [0.717, 1.165) is 43.4 Å². The summed E-state index contributed by atoms with van der Waals surface area (Å²) in [6, 6.07) is 2.53. The lowest BCUT2D eigenvalue weighted by Crippen LogP contribution is -2.48. The van der Waals surface area contributed by atoms with Crippen molar-refractivity contribution in [3.63, 3.8) is 0 Å². The Kier molecular flexibility index (Phi) is 3.82. The smallest absolute Gasteiger partial charge is 0.139 e. The molecule has 8 rings (SSSR count). The number of phenols is 1. The van der Waals surface area contributed by atoms with E-state index in [0.29, 0.717) is 29.3 Å². The highest BCUT2D eigenvalue weighted by Gasteiger charge is 2.56. The molecule has 7 aliphatic rings. The van der Waals surface area contributed by atoms with Crippen molar-refractivity contribution >= 4 is 5.78 Å². The highest BCUT2D eigenvalue weighted by atomic mass is 16.3. The summed E-state index contributed by atoms with van der Waals surface area (Å²) in [4.78, 5) is 12.7. The zero-order chi connectivity index (χ0) is 21.1. The van der Waals surface area contributed by atoms with Crippen molar-refractivity contribution in [1.82, 2.24) is 0 Å². The second kappa shape index (κ2) is 6.17. The van der Waals surface area contributed by atoms with E-state index in [2.05, 4.69) is 19.9 Å². The molecule has 0 radical (unpaired) electrons. The second-order valence-electron chi connectivity index (χ2n) is 13.0. The van der Waals surface area contributed by atoms with E-state index in [-0.39, 0.29) is 10.8 Å². The van der Waals surface area contributed by atoms with Gasteiger partial charge in [-0.2, -0.15) is 0 Å². The standard InChI is InChI=1S/C29H38O2/c1-16-20-3-4-22-21(7-8-28(2)24(22)5-6-26(28)30)23(20)12-25(27(16)31)29-13-17-9-18(14-29)11-19(10-17)15-29/h12,17-19,21-22,24,31H,3-11,13-15H2,1-2H3. The lowest BCUT2D eigenvalue weighted by atomic mass is 9.47. The maximum atomic E-state index is 12.7. The number of phenolic OH excluding ortho intramolecular Hbond substituents is 1. The molecule has 0 heterocycles. The lowest BCUT2D eigenvalue weighted by Gasteiger charge is -2.57. The number of fused-ring (bicyclic) bond motifs is 5. The molecule has 1 aromatic rings. The minimum absolute atomic E-state index is 0.0482. The fourth-order valence-electron chi connectivity index (χ4n) is 10.5. The zero-order valence-electron chi connectivity index (χ0n) is 19.4. The summed E-state index contributed by atoms with van der Waals surface area (Å²) in [6.45, 7) is 4.48. The van der Waals surface area contributed by atoms with Crippen molar-refractivity contribution in [1.29, 1.82) is 0 Å². The molecule has 0 aromatic heterocycles. The van der Waals surface area contributed by atoms with Crippen LogP contribution in [0.5, 0.6) is 5.75 Å². The van der Waals surface area contributed by atoms with Crippen LogP contribution in [0.3, 0.4) is 0 Å². The molecule has 6 fully saturated rings. The molecule has 0 spiro atoms. The highest BCUT2D eigenvalue weighted by Crippen LogP contribution is 2.64. The molecule has 1 N–H and O–H groups in total. The SMILES string of the molecule is Cc1c(O)c(C23CC4CC(CC(C4)C2)C3)cc2c1CCC1C2CCC2(C)C(=O)CCC12. The quantitative estimate of drug-likeness (QED) is 0.558. The van der Waals surface area contributed by atoms with Crippen LogP contribution in [0.1, 0.15) is 106 Å². The Morgan fingerprint density at radius 3 is 2.32 bits per heavy atom.